The Morgan fingerprint density at radius 1 is 1.42 bits per heavy atom. The van der Waals surface area contributed by atoms with Crippen molar-refractivity contribution < 1.29 is 0 Å². The number of hydrogen-bond acceptors (Lipinski definition) is 3. The van der Waals surface area contributed by atoms with Crippen molar-refractivity contribution in [1.29, 1.82) is 5.26 Å². The summed E-state index contributed by atoms with van der Waals surface area (Å²) < 4.78 is 0. The number of nitrogens with one attached hydrogen (secondary N) is 1. The fraction of sp³-hybridized carbons (Fsp3) is 0.625. The summed E-state index contributed by atoms with van der Waals surface area (Å²) in [4.78, 5) is 4.36. The quantitative estimate of drug-likeness (QED) is 0.872. The Hall–Kier alpha value is -1.56. The summed E-state index contributed by atoms with van der Waals surface area (Å²) in [5.74, 6) is 0. The molecule has 1 atom stereocenters. The van der Waals surface area contributed by atoms with Crippen LogP contribution in [-0.2, 0) is 0 Å². The molecule has 3 nitrogen and oxygen atoms in total. The van der Waals surface area contributed by atoms with Crippen LogP contribution in [0.4, 0.5) is 5.69 Å². The summed E-state index contributed by atoms with van der Waals surface area (Å²) in [7, 11) is 0. The van der Waals surface area contributed by atoms with Crippen molar-refractivity contribution in [1.82, 2.24) is 4.98 Å². The van der Waals surface area contributed by atoms with E-state index in [0.29, 0.717) is 17.0 Å². The third kappa shape index (κ3) is 3.26. The third-order valence-electron chi connectivity index (χ3n) is 4.00. The number of nitrogens with zero attached hydrogens (tertiary/aromatic N) is 2. The molecule has 1 aliphatic rings. The van der Waals surface area contributed by atoms with Gasteiger partial charge in [-0.2, -0.15) is 5.26 Å². The highest BCUT2D eigenvalue weighted by molar-refractivity contribution is 5.60. The van der Waals surface area contributed by atoms with Gasteiger partial charge in [-0.05, 0) is 44.6 Å². The molecule has 1 aliphatic carbocycles. The number of aryl methyl sites for hydroxylation is 2. The Morgan fingerprint density at radius 3 is 2.79 bits per heavy atom. The van der Waals surface area contributed by atoms with Crippen LogP contribution in [0.1, 0.15) is 56.5 Å². The van der Waals surface area contributed by atoms with E-state index in [0.717, 1.165) is 23.5 Å². The smallest absolute Gasteiger partial charge is 0.103 e. The highest BCUT2D eigenvalue weighted by Crippen LogP contribution is 2.36. The standard InChI is InChI=1S/C16H23N3/c1-11-8-15(14(10-17)12(2)18-11)19-13-6-5-7-16(3,4)9-13/h8,13H,5-7,9H2,1-4H3,(H,18,19). The molecule has 0 radical (unpaired) electrons. The van der Waals surface area contributed by atoms with Crippen molar-refractivity contribution in [3.05, 3.63) is 23.0 Å². The van der Waals surface area contributed by atoms with Crippen LogP contribution in [0.5, 0.6) is 0 Å². The van der Waals surface area contributed by atoms with E-state index in [1.54, 1.807) is 0 Å². The van der Waals surface area contributed by atoms with Crippen LogP contribution < -0.4 is 5.32 Å². The first kappa shape index (κ1) is 13.9. The zero-order valence-corrected chi connectivity index (χ0v) is 12.4. The minimum Gasteiger partial charge on any atom is -0.381 e. The van der Waals surface area contributed by atoms with E-state index < -0.39 is 0 Å². The van der Waals surface area contributed by atoms with Gasteiger partial charge in [-0.25, -0.2) is 0 Å². The van der Waals surface area contributed by atoms with Gasteiger partial charge in [0.05, 0.1) is 16.9 Å². The Kier molecular flexibility index (Phi) is 3.80. The first-order valence-electron chi connectivity index (χ1n) is 7.06. The molecule has 1 fully saturated rings. The lowest BCUT2D eigenvalue weighted by Gasteiger charge is -2.36. The second-order valence-corrected chi connectivity index (χ2v) is 6.49. The Morgan fingerprint density at radius 2 is 2.16 bits per heavy atom. The van der Waals surface area contributed by atoms with Crippen LogP contribution in [-0.4, -0.2) is 11.0 Å². The van der Waals surface area contributed by atoms with Gasteiger partial charge in [0.2, 0.25) is 0 Å². The van der Waals surface area contributed by atoms with Crippen molar-refractivity contribution in [2.45, 2.75) is 59.4 Å². The fourth-order valence-corrected chi connectivity index (χ4v) is 3.12. The molecule has 3 heteroatoms. The molecule has 1 N–H and O–H groups in total. The first-order valence-corrected chi connectivity index (χ1v) is 7.06. The predicted octanol–water partition coefficient (Wildman–Crippen LogP) is 3.95. The Bertz CT molecular complexity index is 511. The Labute approximate surface area is 116 Å². The van der Waals surface area contributed by atoms with E-state index in [2.05, 4.69) is 30.2 Å². The van der Waals surface area contributed by atoms with Gasteiger partial charge in [-0.15, -0.1) is 0 Å². The van der Waals surface area contributed by atoms with Gasteiger partial charge >= 0.3 is 0 Å². The molecule has 1 saturated carbocycles. The van der Waals surface area contributed by atoms with Crippen LogP contribution in [0, 0.1) is 30.6 Å². The van der Waals surface area contributed by atoms with Crippen LogP contribution >= 0.6 is 0 Å². The van der Waals surface area contributed by atoms with Crippen molar-refractivity contribution in [3.63, 3.8) is 0 Å². The minimum atomic E-state index is 0.403. The van der Waals surface area contributed by atoms with Gasteiger partial charge in [0.1, 0.15) is 6.07 Å². The second kappa shape index (κ2) is 5.21. The normalized spacial score (nSPS) is 21.7. The van der Waals surface area contributed by atoms with E-state index in [1.165, 1.54) is 19.3 Å². The van der Waals surface area contributed by atoms with Gasteiger partial charge < -0.3 is 5.32 Å². The van der Waals surface area contributed by atoms with Gasteiger partial charge in [-0.3, -0.25) is 4.98 Å². The number of aromatic nitrogens is 1. The topological polar surface area (TPSA) is 48.7 Å². The van der Waals surface area contributed by atoms with Crippen molar-refractivity contribution >= 4 is 5.69 Å². The van der Waals surface area contributed by atoms with Gasteiger partial charge in [-0.1, -0.05) is 20.3 Å². The molecule has 2 rings (SSSR count). The lowest BCUT2D eigenvalue weighted by atomic mass is 9.75. The molecule has 1 unspecified atom stereocenters. The average molecular weight is 257 g/mol. The van der Waals surface area contributed by atoms with E-state index in [4.69, 9.17) is 0 Å². The lowest BCUT2D eigenvalue weighted by molar-refractivity contribution is 0.229. The summed E-state index contributed by atoms with van der Waals surface area (Å²) in [6.45, 7) is 8.54. The van der Waals surface area contributed by atoms with E-state index in [1.807, 2.05) is 19.9 Å². The van der Waals surface area contributed by atoms with Crippen LogP contribution in [0.25, 0.3) is 0 Å². The van der Waals surface area contributed by atoms with Crippen LogP contribution in [0.2, 0.25) is 0 Å². The average Bonchev–Trinajstić information content (AvgIpc) is 2.26. The highest BCUT2D eigenvalue weighted by atomic mass is 14.9. The first-order chi connectivity index (χ1) is 8.91. The molecule has 0 saturated heterocycles. The van der Waals surface area contributed by atoms with Crippen molar-refractivity contribution in [2.75, 3.05) is 5.32 Å². The maximum Gasteiger partial charge on any atom is 0.103 e. The molecule has 0 bridgehead atoms. The Balaban J connectivity index is 2.22. The zero-order valence-electron chi connectivity index (χ0n) is 12.4. The maximum atomic E-state index is 9.29. The SMILES string of the molecule is Cc1cc(NC2CCCC(C)(C)C2)c(C#N)c(C)n1. The minimum absolute atomic E-state index is 0.403. The predicted molar refractivity (Wildman–Crippen MR) is 78.1 cm³/mol. The zero-order chi connectivity index (χ0) is 14.0. The molecule has 102 valence electrons. The third-order valence-corrected chi connectivity index (χ3v) is 4.00. The summed E-state index contributed by atoms with van der Waals surface area (Å²) in [5.41, 5.74) is 3.83. The van der Waals surface area contributed by atoms with E-state index in [9.17, 15) is 5.26 Å². The summed E-state index contributed by atoms with van der Waals surface area (Å²) >= 11 is 0. The molecular weight excluding hydrogens is 234 g/mol. The van der Waals surface area contributed by atoms with Crippen molar-refractivity contribution in [2.24, 2.45) is 5.41 Å². The molecule has 0 spiro atoms. The number of nitriles is 1. The summed E-state index contributed by atoms with van der Waals surface area (Å²) in [6, 6.07) is 4.74. The maximum absolute atomic E-state index is 9.29. The van der Waals surface area contributed by atoms with Crippen LogP contribution in [0.3, 0.4) is 0 Å². The van der Waals surface area contributed by atoms with E-state index in [-0.39, 0.29) is 0 Å². The molecule has 0 aliphatic heterocycles. The fourth-order valence-electron chi connectivity index (χ4n) is 3.12. The molecule has 0 aromatic carbocycles. The largest absolute Gasteiger partial charge is 0.381 e. The number of pyridine rings is 1. The highest BCUT2D eigenvalue weighted by Gasteiger charge is 2.28. The van der Waals surface area contributed by atoms with Crippen LogP contribution in [0.15, 0.2) is 6.07 Å². The molecule has 0 amide bonds. The summed E-state index contributed by atoms with van der Waals surface area (Å²) in [5, 5.41) is 12.9. The van der Waals surface area contributed by atoms with Crippen molar-refractivity contribution in [3.8, 4) is 6.07 Å². The second-order valence-electron chi connectivity index (χ2n) is 6.49. The van der Waals surface area contributed by atoms with Gasteiger partial charge in [0.25, 0.3) is 0 Å². The monoisotopic (exact) mass is 257 g/mol. The van der Waals surface area contributed by atoms with E-state index >= 15 is 0 Å². The summed E-state index contributed by atoms with van der Waals surface area (Å²) in [6.07, 6.45) is 4.91. The molecule has 1 aromatic heterocycles. The molecule has 1 heterocycles. The molecule has 19 heavy (non-hydrogen) atoms. The number of hydrogen-bond donors (Lipinski definition) is 1. The molecular formula is C16H23N3. The number of anilines is 1. The van der Waals surface area contributed by atoms with Gasteiger partial charge in [0, 0.05) is 11.7 Å². The number of rotatable bonds is 2. The van der Waals surface area contributed by atoms with Gasteiger partial charge in [0.15, 0.2) is 0 Å². The molecule has 1 aromatic rings. The lowest BCUT2D eigenvalue weighted by Crippen LogP contribution is -2.32.